The van der Waals surface area contributed by atoms with Gasteiger partial charge in [-0.2, -0.15) is 0 Å². The van der Waals surface area contributed by atoms with Crippen LogP contribution in [0.15, 0.2) is 102 Å². The molecule has 2 heterocycles. The lowest BCUT2D eigenvalue weighted by Gasteiger charge is -2.38. The number of nitrogens with zero attached hydrogens (tertiary/aromatic N) is 2. The van der Waals surface area contributed by atoms with E-state index in [0.717, 1.165) is 44.0 Å². The Balaban J connectivity index is 1.70. The molecule has 1 atom stereocenters. The van der Waals surface area contributed by atoms with Crippen molar-refractivity contribution in [1.82, 2.24) is 4.57 Å². The van der Waals surface area contributed by atoms with E-state index in [2.05, 4.69) is 100 Å². The molecule has 0 spiro atoms. The first-order valence-corrected chi connectivity index (χ1v) is 12.6. The number of carbonyl (C=O) groups excluding carboxylic acids is 1. The fourth-order valence-electron chi connectivity index (χ4n) is 5.70. The van der Waals surface area contributed by atoms with Crippen molar-refractivity contribution < 1.29 is 4.79 Å². The Morgan fingerprint density at radius 2 is 1.56 bits per heavy atom. The van der Waals surface area contributed by atoms with Gasteiger partial charge >= 0.3 is 0 Å². The SMILES string of the molecule is CCC(C(=O)N1CCc2ccccc21)(c1ccccc1)n1c2ccccc2c2cc(Br)ccc21. The minimum absolute atomic E-state index is 0.122. The van der Waals surface area contributed by atoms with E-state index < -0.39 is 5.54 Å². The number of para-hydroxylation sites is 2. The standard InChI is InChI=1S/C30H25BrN2O/c1-2-30(22-11-4-3-5-12-22,29(34)32-19-18-21-10-6-8-14-26(21)32)33-27-15-9-7-13-24(27)25-20-23(31)16-17-28(25)33/h3-17,20H,2,18-19H2,1H3. The Bertz CT molecular complexity index is 1540. The third-order valence-electron chi connectivity index (χ3n) is 7.27. The quantitative estimate of drug-likeness (QED) is 0.250. The summed E-state index contributed by atoms with van der Waals surface area (Å²) in [7, 11) is 0. The normalized spacial score (nSPS) is 14.9. The maximum atomic E-state index is 14.8. The highest BCUT2D eigenvalue weighted by Gasteiger charge is 2.46. The molecular formula is C30H25BrN2O. The summed E-state index contributed by atoms with van der Waals surface area (Å²) in [6, 6.07) is 33.4. The molecule has 0 radical (unpaired) electrons. The monoisotopic (exact) mass is 508 g/mol. The third kappa shape index (κ3) is 2.98. The Kier molecular flexibility index (Phi) is 5.07. The number of anilines is 1. The number of aromatic nitrogens is 1. The molecule has 4 aromatic carbocycles. The Labute approximate surface area is 207 Å². The van der Waals surface area contributed by atoms with Gasteiger partial charge in [0.25, 0.3) is 5.91 Å². The first kappa shape index (κ1) is 21.2. The van der Waals surface area contributed by atoms with Gasteiger partial charge in [-0.05, 0) is 54.3 Å². The lowest BCUT2D eigenvalue weighted by molar-refractivity contribution is -0.125. The summed E-state index contributed by atoms with van der Waals surface area (Å²) in [5.74, 6) is 0.122. The van der Waals surface area contributed by atoms with E-state index in [1.807, 2.05) is 29.2 Å². The summed E-state index contributed by atoms with van der Waals surface area (Å²) in [6.07, 6.45) is 1.52. The van der Waals surface area contributed by atoms with E-state index in [-0.39, 0.29) is 5.91 Å². The zero-order valence-electron chi connectivity index (χ0n) is 19.0. The minimum Gasteiger partial charge on any atom is -0.321 e. The van der Waals surface area contributed by atoms with Crippen molar-refractivity contribution in [1.29, 1.82) is 0 Å². The summed E-state index contributed by atoms with van der Waals surface area (Å²) in [4.78, 5) is 16.8. The maximum absolute atomic E-state index is 14.8. The van der Waals surface area contributed by atoms with Crippen LogP contribution in [-0.4, -0.2) is 17.0 Å². The molecular weight excluding hydrogens is 484 g/mol. The average Bonchev–Trinajstić information content (AvgIpc) is 3.45. The topological polar surface area (TPSA) is 25.2 Å². The number of benzene rings is 4. The van der Waals surface area contributed by atoms with Crippen LogP contribution < -0.4 is 4.90 Å². The number of rotatable bonds is 4. The van der Waals surface area contributed by atoms with Crippen molar-refractivity contribution in [2.75, 3.05) is 11.4 Å². The summed E-state index contributed by atoms with van der Waals surface area (Å²) in [5, 5.41) is 2.30. The van der Waals surface area contributed by atoms with E-state index >= 15 is 0 Å². The van der Waals surface area contributed by atoms with Crippen LogP contribution in [0.2, 0.25) is 0 Å². The van der Waals surface area contributed by atoms with E-state index in [4.69, 9.17) is 0 Å². The van der Waals surface area contributed by atoms with Gasteiger partial charge in [-0.15, -0.1) is 0 Å². The predicted octanol–water partition coefficient (Wildman–Crippen LogP) is 7.30. The van der Waals surface area contributed by atoms with E-state index in [1.165, 1.54) is 5.56 Å². The molecule has 168 valence electrons. The smallest absolute Gasteiger partial charge is 0.257 e. The first-order valence-electron chi connectivity index (χ1n) is 11.8. The second-order valence-electron chi connectivity index (χ2n) is 8.93. The summed E-state index contributed by atoms with van der Waals surface area (Å²) >= 11 is 3.66. The molecule has 34 heavy (non-hydrogen) atoms. The van der Waals surface area contributed by atoms with Crippen LogP contribution in [0.25, 0.3) is 21.8 Å². The second kappa shape index (κ2) is 8.14. The van der Waals surface area contributed by atoms with Gasteiger partial charge in [0.1, 0.15) is 5.54 Å². The molecule has 0 N–H and O–H groups in total. The van der Waals surface area contributed by atoms with Crippen molar-refractivity contribution in [3.05, 3.63) is 113 Å². The summed E-state index contributed by atoms with van der Waals surface area (Å²) < 4.78 is 3.33. The van der Waals surface area contributed by atoms with Crippen LogP contribution in [0.5, 0.6) is 0 Å². The van der Waals surface area contributed by atoms with Crippen molar-refractivity contribution in [3.63, 3.8) is 0 Å². The van der Waals surface area contributed by atoms with Gasteiger partial charge in [-0.1, -0.05) is 89.6 Å². The van der Waals surface area contributed by atoms with Gasteiger partial charge in [-0.25, -0.2) is 0 Å². The molecule has 1 aromatic heterocycles. The summed E-state index contributed by atoms with van der Waals surface area (Å²) in [6.45, 7) is 2.84. The first-order chi connectivity index (χ1) is 16.6. The fourth-order valence-corrected chi connectivity index (χ4v) is 6.07. The Morgan fingerprint density at radius 3 is 2.38 bits per heavy atom. The third-order valence-corrected chi connectivity index (χ3v) is 7.76. The molecule has 0 aliphatic carbocycles. The molecule has 5 aromatic rings. The van der Waals surface area contributed by atoms with Crippen LogP contribution in [-0.2, 0) is 16.8 Å². The van der Waals surface area contributed by atoms with E-state index in [1.54, 1.807) is 0 Å². The highest BCUT2D eigenvalue weighted by Crippen LogP contribution is 2.43. The Hall–Kier alpha value is -3.37. The van der Waals surface area contributed by atoms with Crippen molar-refractivity contribution >= 4 is 49.3 Å². The van der Waals surface area contributed by atoms with Crippen LogP contribution >= 0.6 is 15.9 Å². The van der Waals surface area contributed by atoms with Crippen LogP contribution in [0.3, 0.4) is 0 Å². The van der Waals surface area contributed by atoms with Gasteiger partial charge < -0.3 is 9.47 Å². The van der Waals surface area contributed by atoms with Gasteiger partial charge in [0, 0.05) is 27.5 Å². The highest BCUT2D eigenvalue weighted by atomic mass is 79.9. The molecule has 6 rings (SSSR count). The molecule has 0 bridgehead atoms. The van der Waals surface area contributed by atoms with Crippen molar-refractivity contribution in [2.45, 2.75) is 25.3 Å². The lowest BCUT2D eigenvalue weighted by atomic mass is 9.84. The van der Waals surface area contributed by atoms with Crippen LogP contribution in [0, 0.1) is 0 Å². The molecule has 1 aliphatic rings. The molecule has 0 saturated carbocycles. The number of halogens is 1. The molecule has 0 saturated heterocycles. The second-order valence-corrected chi connectivity index (χ2v) is 9.85. The summed E-state index contributed by atoms with van der Waals surface area (Å²) in [5.41, 5.74) is 4.54. The zero-order chi connectivity index (χ0) is 23.3. The molecule has 1 aliphatic heterocycles. The van der Waals surface area contributed by atoms with Gasteiger partial charge in [0.2, 0.25) is 0 Å². The molecule has 4 heteroatoms. The predicted molar refractivity (Wildman–Crippen MR) is 143 cm³/mol. The molecule has 1 unspecified atom stereocenters. The van der Waals surface area contributed by atoms with E-state index in [0.29, 0.717) is 13.0 Å². The minimum atomic E-state index is -0.881. The average molecular weight is 509 g/mol. The fraction of sp³-hybridized carbons (Fsp3) is 0.167. The maximum Gasteiger partial charge on any atom is 0.257 e. The molecule has 1 amide bonds. The highest BCUT2D eigenvalue weighted by molar-refractivity contribution is 9.10. The van der Waals surface area contributed by atoms with Crippen LogP contribution in [0.1, 0.15) is 24.5 Å². The van der Waals surface area contributed by atoms with Gasteiger partial charge in [0.05, 0.1) is 11.0 Å². The zero-order valence-corrected chi connectivity index (χ0v) is 20.6. The number of hydrogen-bond acceptors (Lipinski definition) is 1. The Morgan fingerprint density at radius 1 is 0.853 bits per heavy atom. The number of hydrogen-bond donors (Lipinski definition) is 0. The van der Waals surface area contributed by atoms with E-state index in [9.17, 15) is 4.79 Å². The van der Waals surface area contributed by atoms with Crippen molar-refractivity contribution in [2.24, 2.45) is 0 Å². The van der Waals surface area contributed by atoms with Gasteiger partial charge in [0.15, 0.2) is 0 Å². The molecule has 0 fully saturated rings. The lowest BCUT2D eigenvalue weighted by Crippen LogP contribution is -2.51. The number of fused-ring (bicyclic) bond motifs is 4. The van der Waals surface area contributed by atoms with Crippen LogP contribution in [0.4, 0.5) is 5.69 Å². The molecule has 3 nitrogen and oxygen atoms in total. The number of amides is 1. The van der Waals surface area contributed by atoms with Gasteiger partial charge in [-0.3, -0.25) is 4.79 Å². The van der Waals surface area contributed by atoms with Crippen molar-refractivity contribution in [3.8, 4) is 0 Å². The number of carbonyl (C=O) groups is 1. The largest absolute Gasteiger partial charge is 0.321 e.